The van der Waals surface area contributed by atoms with Crippen LogP contribution in [0.2, 0.25) is 0 Å². The van der Waals surface area contributed by atoms with Gasteiger partial charge < -0.3 is 34.2 Å². The van der Waals surface area contributed by atoms with Gasteiger partial charge in [0.25, 0.3) is 0 Å². The Bertz CT molecular complexity index is 2710. The summed E-state index contributed by atoms with van der Waals surface area (Å²) in [6, 6.07) is 0. The van der Waals surface area contributed by atoms with Crippen molar-refractivity contribution in [1.82, 2.24) is 0 Å². The molecule has 0 aliphatic rings. The Hall–Kier alpha value is -5.35. The van der Waals surface area contributed by atoms with Gasteiger partial charge in [0.1, 0.15) is 25.4 Å². The molecule has 0 heterocycles. The number of ether oxygens (including phenoxy) is 3. The average Bonchev–Trinajstić information content (AvgIpc) is 0.947. The summed E-state index contributed by atoms with van der Waals surface area (Å²) in [7, 11) is -9.82. The number of esters is 3. The molecule has 5 atom stereocenters. The molecule has 0 amide bonds. The zero-order valence-electron chi connectivity index (χ0n) is 67.9. The minimum Gasteiger partial charge on any atom is -0.463 e. The predicted octanol–water partition coefficient (Wildman–Crippen LogP) is 25.3. The van der Waals surface area contributed by atoms with E-state index in [1.807, 2.05) is 0 Å². The average molecular weight is 1560 g/mol. The Labute approximate surface area is 662 Å². The number of carbonyl (C=O) groups is 3. The number of allylic oxidation sites excluding steroid dienone is 30. The smallest absolute Gasteiger partial charge is 0.463 e. The number of aliphatic hydroxyl groups excluding tert-OH is 2. The van der Waals surface area contributed by atoms with Gasteiger partial charge >= 0.3 is 33.6 Å². The van der Waals surface area contributed by atoms with Crippen LogP contribution in [-0.2, 0) is 55.8 Å². The van der Waals surface area contributed by atoms with Crippen LogP contribution < -0.4 is 0 Å². The summed E-state index contributed by atoms with van der Waals surface area (Å²) in [6.45, 7) is 2.30. The third-order valence-corrected chi connectivity index (χ3v) is 19.0. The Morgan fingerprint density at radius 3 is 0.734 bits per heavy atom. The maximum absolute atomic E-state index is 13.0. The van der Waals surface area contributed by atoms with E-state index < -0.39 is 91.5 Å². The Morgan fingerprint density at radius 2 is 0.459 bits per heavy atom. The molecule has 109 heavy (non-hydrogen) atoms. The molecule has 16 nitrogen and oxygen atoms in total. The molecule has 18 heteroatoms. The van der Waals surface area contributed by atoms with Gasteiger partial charge in [0.2, 0.25) is 0 Å². The highest BCUT2D eigenvalue weighted by Gasteiger charge is 2.29. The summed E-state index contributed by atoms with van der Waals surface area (Å²) in [6.07, 6.45) is 106. The maximum atomic E-state index is 13.0. The first-order chi connectivity index (χ1) is 53.2. The normalized spacial score (nSPS) is 14.8. The van der Waals surface area contributed by atoms with Gasteiger partial charge in [-0.15, -0.1) is 0 Å². The Balaban J connectivity index is 4.66. The fourth-order valence-corrected chi connectivity index (χ4v) is 12.4. The molecule has 0 aromatic heterocycles. The number of unbranched alkanes of at least 4 members (excludes halogenated alkanes) is 25. The van der Waals surface area contributed by atoms with Crippen molar-refractivity contribution in [3.8, 4) is 0 Å². The molecule has 0 fully saturated rings. The number of hydrogen-bond acceptors (Lipinski definition) is 14. The lowest BCUT2D eigenvalue weighted by Crippen LogP contribution is -2.30. The number of rotatable bonds is 78. The van der Waals surface area contributed by atoms with Crippen LogP contribution >= 0.6 is 15.6 Å². The molecule has 0 aliphatic carbocycles. The van der Waals surface area contributed by atoms with E-state index in [2.05, 4.69) is 203 Å². The first-order valence-corrected chi connectivity index (χ1v) is 45.1. The Morgan fingerprint density at radius 1 is 0.257 bits per heavy atom. The van der Waals surface area contributed by atoms with Crippen molar-refractivity contribution in [2.24, 2.45) is 0 Å². The van der Waals surface area contributed by atoms with Crippen molar-refractivity contribution in [2.45, 2.75) is 334 Å². The second-order valence-electron chi connectivity index (χ2n) is 27.5. The highest BCUT2D eigenvalue weighted by molar-refractivity contribution is 7.47. The third-order valence-electron chi connectivity index (χ3n) is 17.1. The number of phosphoric acid groups is 2. The zero-order valence-corrected chi connectivity index (χ0v) is 69.7. The van der Waals surface area contributed by atoms with Gasteiger partial charge in [0.05, 0.1) is 26.4 Å². The molecular weight excluding hydrogens is 1410 g/mol. The third kappa shape index (κ3) is 83.4. The van der Waals surface area contributed by atoms with Crippen molar-refractivity contribution in [3.05, 3.63) is 182 Å². The van der Waals surface area contributed by atoms with E-state index in [1.165, 1.54) is 77.0 Å². The standard InChI is InChI=1S/C91H150O16P2/c1-4-7-10-13-16-19-22-25-28-31-34-36-38-40-42-44-46-48-51-53-56-59-62-65-68-71-74-77-89(94)101-80-86(92)81-103-108(97,98)104-82-87(93)83-105-109(99,100)106-85-88(107-91(96)79-76-73-70-67-64-61-58-55-50-33-30-27-24-21-18-15-12-9-6-3)84-102-90(95)78-75-72-69-66-63-60-57-54-52-49-47-45-43-41-39-37-35-32-29-26-23-20-17-14-11-8-5-2/h7-12,16-21,25-30,34-37,40-43,50,55,61,64,86-88,92-93H,4-6,13-15,22-24,31-33,38-39,44-49,51-54,56-60,62-63,65-85H2,1-3H3,(H,97,98)(H,99,100)/b10-7-,11-8-,12-9-,19-16-,20-17-,21-18-,28-25-,29-26-,30-27-,36-34-,37-35-,42-40-,43-41-,55-50-,64-61-. The van der Waals surface area contributed by atoms with Gasteiger partial charge in [0, 0.05) is 19.3 Å². The molecule has 0 saturated heterocycles. The molecular formula is C91H150O16P2. The van der Waals surface area contributed by atoms with Crippen LogP contribution in [0.25, 0.3) is 0 Å². The van der Waals surface area contributed by atoms with Crippen molar-refractivity contribution in [3.63, 3.8) is 0 Å². The summed E-state index contributed by atoms with van der Waals surface area (Å²) >= 11 is 0. The second kappa shape index (κ2) is 82.1. The minimum atomic E-state index is -4.95. The lowest BCUT2D eigenvalue weighted by Gasteiger charge is -2.21. The van der Waals surface area contributed by atoms with Crippen LogP contribution in [0.5, 0.6) is 0 Å². The summed E-state index contributed by atoms with van der Waals surface area (Å²) in [5, 5.41) is 20.7. The SMILES string of the molecule is CC/C=C\C/C=C\C/C=C\C/C=C\C/C=C\CCCCCCCCCCCCCC(=O)OCC(O)COP(=O)(O)OCC(O)COP(=O)(O)OCC(COC(=O)CCCCCCCCCCCCC/C=C\C/C=C\C/C=C\C/C=C\C/C=C\CC)OC(=O)CCCCC/C=C\C/C=C\C/C=C\C/C=C\C/C=C\CC. The Kier molecular flexibility index (Phi) is 78.1. The first kappa shape index (κ1) is 104. The van der Waals surface area contributed by atoms with E-state index in [0.29, 0.717) is 19.3 Å². The van der Waals surface area contributed by atoms with E-state index in [-0.39, 0.29) is 19.3 Å². The molecule has 0 spiro atoms. The summed E-state index contributed by atoms with van der Waals surface area (Å²) in [4.78, 5) is 58.8. The van der Waals surface area contributed by atoms with E-state index in [9.17, 15) is 43.5 Å². The van der Waals surface area contributed by atoms with Gasteiger partial charge in [-0.3, -0.25) is 32.5 Å². The van der Waals surface area contributed by atoms with E-state index >= 15 is 0 Å². The highest BCUT2D eigenvalue weighted by Crippen LogP contribution is 2.45. The van der Waals surface area contributed by atoms with Crippen molar-refractivity contribution < 1.29 is 75.8 Å². The topological polar surface area (TPSA) is 231 Å². The molecule has 0 rings (SSSR count). The van der Waals surface area contributed by atoms with E-state index in [0.717, 1.165) is 180 Å². The van der Waals surface area contributed by atoms with Gasteiger partial charge in [-0.1, -0.05) is 325 Å². The van der Waals surface area contributed by atoms with E-state index in [1.54, 1.807) is 0 Å². The molecule has 0 aromatic carbocycles. The first-order valence-electron chi connectivity index (χ1n) is 42.1. The van der Waals surface area contributed by atoms with Crippen LogP contribution in [0.15, 0.2) is 182 Å². The van der Waals surface area contributed by atoms with Crippen LogP contribution in [-0.4, -0.2) is 95.9 Å². The van der Waals surface area contributed by atoms with Gasteiger partial charge in [-0.25, -0.2) is 9.13 Å². The van der Waals surface area contributed by atoms with Crippen LogP contribution in [0.1, 0.15) is 316 Å². The maximum Gasteiger partial charge on any atom is 0.472 e. The molecule has 4 N–H and O–H groups in total. The number of aliphatic hydroxyl groups is 2. The molecule has 620 valence electrons. The van der Waals surface area contributed by atoms with E-state index in [4.69, 9.17) is 32.3 Å². The quantitative estimate of drug-likeness (QED) is 0.0146. The van der Waals surface area contributed by atoms with Crippen molar-refractivity contribution in [1.29, 1.82) is 0 Å². The lowest BCUT2D eigenvalue weighted by molar-refractivity contribution is -0.161. The van der Waals surface area contributed by atoms with Gasteiger partial charge in [-0.05, 0) is 154 Å². The second-order valence-corrected chi connectivity index (χ2v) is 30.4. The molecule has 5 unspecified atom stereocenters. The molecule has 0 bridgehead atoms. The largest absolute Gasteiger partial charge is 0.472 e. The molecule has 0 aliphatic heterocycles. The molecule has 0 radical (unpaired) electrons. The molecule has 0 saturated carbocycles. The fourth-order valence-electron chi connectivity index (χ4n) is 10.8. The monoisotopic (exact) mass is 1560 g/mol. The summed E-state index contributed by atoms with van der Waals surface area (Å²) in [5.74, 6) is -1.62. The van der Waals surface area contributed by atoms with Crippen LogP contribution in [0.3, 0.4) is 0 Å². The predicted molar refractivity (Wildman–Crippen MR) is 454 cm³/mol. The fraction of sp³-hybridized carbons (Fsp3) is 0.637. The van der Waals surface area contributed by atoms with Crippen LogP contribution in [0.4, 0.5) is 0 Å². The van der Waals surface area contributed by atoms with Crippen LogP contribution in [0, 0.1) is 0 Å². The zero-order chi connectivity index (χ0) is 79.4. The summed E-state index contributed by atoms with van der Waals surface area (Å²) < 4.78 is 61.3. The van der Waals surface area contributed by atoms with Crippen molar-refractivity contribution >= 4 is 33.6 Å². The number of carbonyl (C=O) groups excluding carboxylic acids is 3. The summed E-state index contributed by atoms with van der Waals surface area (Å²) in [5.41, 5.74) is 0. The highest BCUT2D eigenvalue weighted by atomic mass is 31.2. The van der Waals surface area contributed by atoms with Gasteiger partial charge in [0.15, 0.2) is 6.10 Å². The van der Waals surface area contributed by atoms with Crippen molar-refractivity contribution in [2.75, 3.05) is 39.6 Å². The minimum absolute atomic E-state index is 0.0588. The molecule has 0 aromatic rings. The number of phosphoric ester groups is 2. The lowest BCUT2D eigenvalue weighted by atomic mass is 10.0. The van der Waals surface area contributed by atoms with Gasteiger partial charge in [-0.2, -0.15) is 0 Å². The number of hydrogen-bond donors (Lipinski definition) is 4.